The first-order chi connectivity index (χ1) is 7.65. The van der Waals surface area contributed by atoms with Crippen LogP contribution < -0.4 is 0 Å². The number of unbranched alkanes of at least 4 members (excludes halogenated alkanes) is 1. The third-order valence-electron chi connectivity index (χ3n) is 2.91. The van der Waals surface area contributed by atoms with Gasteiger partial charge in [-0.05, 0) is 40.3 Å². The van der Waals surface area contributed by atoms with Crippen molar-refractivity contribution in [3.63, 3.8) is 0 Å². The molecule has 0 aliphatic heterocycles. The lowest BCUT2D eigenvalue weighted by atomic mass is 10.2. The molecule has 0 amide bonds. The van der Waals surface area contributed by atoms with Crippen LogP contribution in [0.1, 0.15) is 37.2 Å². The largest absolute Gasteiger partial charge is 0.328 e. The summed E-state index contributed by atoms with van der Waals surface area (Å²) < 4.78 is 1.91. The van der Waals surface area contributed by atoms with Crippen molar-refractivity contribution in [3.05, 3.63) is 18.2 Å². The van der Waals surface area contributed by atoms with E-state index in [4.69, 9.17) is 0 Å². The fourth-order valence-electron chi connectivity index (χ4n) is 1.52. The topological polar surface area (TPSA) is 38.1 Å². The highest BCUT2D eigenvalue weighted by Crippen LogP contribution is 2.02. The summed E-state index contributed by atoms with van der Waals surface area (Å²) in [5, 5.41) is 0. The quantitative estimate of drug-likeness (QED) is 0.522. The first-order valence-electron chi connectivity index (χ1n) is 5.80. The second-order valence-corrected chi connectivity index (χ2v) is 4.41. The van der Waals surface area contributed by atoms with Crippen LogP contribution in [0.3, 0.4) is 0 Å². The van der Waals surface area contributed by atoms with Crippen LogP contribution in [0.4, 0.5) is 0 Å². The minimum absolute atomic E-state index is 0.596. The van der Waals surface area contributed by atoms with Gasteiger partial charge in [-0.2, -0.15) is 0 Å². The van der Waals surface area contributed by atoms with Gasteiger partial charge in [0, 0.05) is 12.6 Å². The van der Waals surface area contributed by atoms with Crippen LogP contribution in [-0.4, -0.2) is 40.4 Å². The molecule has 1 aromatic heterocycles. The summed E-state index contributed by atoms with van der Waals surface area (Å²) in [4.78, 5) is 16.9. The van der Waals surface area contributed by atoms with E-state index >= 15 is 0 Å². The number of aldehydes is 1. The number of rotatable bonds is 7. The van der Waals surface area contributed by atoms with Crippen LogP contribution in [-0.2, 0) is 6.54 Å². The average Bonchev–Trinajstić information content (AvgIpc) is 2.71. The van der Waals surface area contributed by atoms with Gasteiger partial charge in [0.15, 0.2) is 6.29 Å². The highest BCUT2D eigenvalue weighted by molar-refractivity contribution is 5.71. The maximum Gasteiger partial charge on any atom is 0.168 e. The van der Waals surface area contributed by atoms with Crippen LogP contribution in [0.15, 0.2) is 12.5 Å². The minimum atomic E-state index is 0.596. The molecular formula is C12H21N3O. The Morgan fingerprint density at radius 1 is 1.50 bits per heavy atom. The molecule has 0 atom stereocenters. The summed E-state index contributed by atoms with van der Waals surface area (Å²) >= 11 is 0. The van der Waals surface area contributed by atoms with Gasteiger partial charge in [0.25, 0.3) is 0 Å². The number of hydrogen-bond acceptors (Lipinski definition) is 3. The van der Waals surface area contributed by atoms with Crippen molar-refractivity contribution in [3.8, 4) is 0 Å². The highest BCUT2D eigenvalue weighted by Gasteiger charge is 2.03. The molecule has 4 nitrogen and oxygen atoms in total. The van der Waals surface area contributed by atoms with E-state index in [1.807, 2.05) is 4.57 Å². The zero-order valence-electron chi connectivity index (χ0n) is 10.4. The van der Waals surface area contributed by atoms with Crippen molar-refractivity contribution in [2.24, 2.45) is 0 Å². The second kappa shape index (κ2) is 6.43. The SMILES string of the molecule is CC(C)N(C)CCCCn1cncc1C=O. The van der Waals surface area contributed by atoms with E-state index in [1.54, 1.807) is 12.5 Å². The van der Waals surface area contributed by atoms with Gasteiger partial charge < -0.3 is 9.47 Å². The van der Waals surface area contributed by atoms with Gasteiger partial charge in [-0.15, -0.1) is 0 Å². The van der Waals surface area contributed by atoms with Gasteiger partial charge in [0.05, 0.1) is 12.5 Å². The fraction of sp³-hybridized carbons (Fsp3) is 0.667. The summed E-state index contributed by atoms with van der Waals surface area (Å²) in [7, 11) is 2.14. The third kappa shape index (κ3) is 3.77. The van der Waals surface area contributed by atoms with Gasteiger partial charge in [0.2, 0.25) is 0 Å². The maximum absolute atomic E-state index is 10.6. The zero-order chi connectivity index (χ0) is 12.0. The van der Waals surface area contributed by atoms with Crippen LogP contribution in [0.5, 0.6) is 0 Å². The summed E-state index contributed by atoms with van der Waals surface area (Å²) in [6.07, 6.45) is 6.40. The number of aryl methyl sites for hydroxylation is 1. The van der Waals surface area contributed by atoms with E-state index in [9.17, 15) is 4.79 Å². The number of carbonyl (C=O) groups is 1. The Morgan fingerprint density at radius 3 is 2.88 bits per heavy atom. The molecule has 0 radical (unpaired) electrons. The van der Waals surface area contributed by atoms with Crippen molar-refractivity contribution in [2.75, 3.05) is 13.6 Å². The van der Waals surface area contributed by atoms with Crippen molar-refractivity contribution in [1.29, 1.82) is 0 Å². The first-order valence-corrected chi connectivity index (χ1v) is 5.80. The van der Waals surface area contributed by atoms with Crippen molar-refractivity contribution < 1.29 is 4.79 Å². The van der Waals surface area contributed by atoms with E-state index in [2.05, 4.69) is 30.8 Å². The first kappa shape index (κ1) is 12.9. The molecule has 0 aromatic carbocycles. The normalized spacial score (nSPS) is 11.3. The molecule has 1 rings (SSSR count). The van der Waals surface area contributed by atoms with Gasteiger partial charge in [0.1, 0.15) is 5.69 Å². The van der Waals surface area contributed by atoms with Gasteiger partial charge in [-0.25, -0.2) is 4.98 Å². The molecule has 1 heterocycles. The lowest BCUT2D eigenvalue weighted by Crippen LogP contribution is -2.27. The lowest BCUT2D eigenvalue weighted by molar-refractivity contribution is 0.111. The van der Waals surface area contributed by atoms with E-state index in [0.717, 1.165) is 32.2 Å². The number of aromatic nitrogens is 2. The second-order valence-electron chi connectivity index (χ2n) is 4.41. The summed E-state index contributed by atoms with van der Waals surface area (Å²) in [6, 6.07) is 0.596. The highest BCUT2D eigenvalue weighted by atomic mass is 16.1. The van der Waals surface area contributed by atoms with Gasteiger partial charge in [-0.3, -0.25) is 4.79 Å². The Morgan fingerprint density at radius 2 is 2.25 bits per heavy atom. The third-order valence-corrected chi connectivity index (χ3v) is 2.91. The van der Waals surface area contributed by atoms with E-state index in [-0.39, 0.29) is 0 Å². The number of hydrogen-bond donors (Lipinski definition) is 0. The molecule has 0 spiro atoms. The Hall–Kier alpha value is -1.16. The molecule has 0 unspecified atom stereocenters. The zero-order valence-corrected chi connectivity index (χ0v) is 10.4. The maximum atomic E-state index is 10.6. The van der Waals surface area contributed by atoms with Gasteiger partial charge >= 0.3 is 0 Å². The molecule has 0 N–H and O–H groups in total. The van der Waals surface area contributed by atoms with Crippen LogP contribution >= 0.6 is 0 Å². The Labute approximate surface area is 97.3 Å². The molecule has 0 saturated carbocycles. The standard InChI is InChI=1S/C12H21N3O/c1-11(2)14(3)6-4-5-7-15-10-13-8-12(15)9-16/h8-11H,4-7H2,1-3H3. The minimum Gasteiger partial charge on any atom is -0.328 e. The Kier molecular flexibility index (Phi) is 5.19. The average molecular weight is 223 g/mol. The molecule has 1 aromatic rings. The summed E-state index contributed by atoms with van der Waals surface area (Å²) in [5.74, 6) is 0. The Bertz CT molecular complexity index is 320. The van der Waals surface area contributed by atoms with Crippen LogP contribution in [0.2, 0.25) is 0 Å². The van der Waals surface area contributed by atoms with E-state index in [0.29, 0.717) is 11.7 Å². The van der Waals surface area contributed by atoms with Crippen molar-refractivity contribution in [2.45, 2.75) is 39.3 Å². The van der Waals surface area contributed by atoms with E-state index in [1.165, 1.54) is 0 Å². The van der Waals surface area contributed by atoms with Crippen LogP contribution in [0, 0.1) is 0 Å². The number of nitrogens with zero attached hydrogens (tertiary/aromatic N) is 3. The molecular weight excluding hydrogens is 202 g/mol. The monoisotopic (exact) mass is 223 g/mol. The lowest BCUT2D eigenvalue weighted by Gasteiger charge is -2.20. The predicted octanol–water partition coefficient (Wildman–Crippen LogP) is 1.82. The fourth-order valence-corrected chi connectivity index (χ4v) is 1.52. The summed E-state index contributed by atoms with van der Waals surface area (Å²) in [6.45, 7) is 6.36. The van der Waals surface area contributed by atoms with Crippen LogP contribution in [0.25, 0.3) is 0 Å². The van der Waals surface area contributed by atoms with Gasteiger partial charge in [-0.1, -0.05) is 0 Å². The van der Waals surface area contributed by atoms with Crippen molar-refractivity contribution in [1.82, 2.24) is 14.5 Å². The predicted molar refractivity (Wildman–Crippen MR) is 64.6 cm³/mol. The molecule has 90 valence electrons. The molecule has 0 fully saturated rings. The number of imidazole rings is 1. The molecule has 0 aliphatic carbocycles. The van der Waals surface area contributed by atoms with E-state index < -0.39 is 0 Å². The molecule has 4 heteroatoms. The molecule has 0 bridgehead atoms. The molecule has 0 saturated heterocycles. The number of carbonyl (C=O) groups excluding carboxylic acids is 1. The molecule has 16 heavy (non-hydrogen) atoms. The summed E-state index contributed by atoms with van der Waals surface area (Å²) in [5.41, 5.74) is 0.664. The smallest absolute Gasteiger partial charge is 0.168 e. The molecule has 0 aliphatic rings. The Balaban J connectivity index is 2.23. The van der Waals surface area contributed by atoms with Crippen molar-refractivity contribution >= 4 is 6.29 Å².